The minimum Gasteiger partial charge on any atom is -0.378 e. The first-order valence-corrected chi connectivity index (χ1v) is 7.84. The molecule has 0 saturated carbocycles. The number of aryl methyl sites for hydroxylation is 1. The van der Waals surface area contributed by atoms with E-state index in [1.807, 2.05) is 6.08 Å². The molecule has 1 N–H and O–H groups in total. The lowest BCUT2D eigenvalue weighted by atomic mass is 10.0. The summed E-state index contributed by atoms with van der Waals surface area (Å²) in [6, 6.07) is 19.7. The smallest absolute Gasteiger partial charge is 0.0548 e. The Balaban J connectivity index is 2.05. The number of benzene rings is 2. The fourth-order valence-electron chi connectivity index (χ4n) is 2.48. The lowest BCUT2D eigenvalue weighted by molar-refractivity contribution is 0.791. The maximum absolute atomic E-state index is 3.88. The molecule has 0 aliphatic heterocycles. The van der Waals surface area contributed by atoms with E-state index in [1.165, 1.54) is 36.1 Å². The molecule has 0 saturated heterocycles. The Morgan fingerprint density at radius 3 is 2.38 bits per heavy atom. The molecule has 0 heterocycles. The molecule has 0 aliphatic carbocycles. The van der Waals surface area contributed by atoms with Crippen molar-refractivity contribution in [3.63, 3.8) is 0 Å². The minimum atomic E-state index is 0.283. The fraction of sp³-hybridized carbons (Fsp3) is 0.300. The van der Waals surface area contributed by atoms with Crippen molar-refractivity contribution in [3.05, 3.63) is 78.4 Å². The summed E-state index contributed by atoms with van der Waals surface area (Å²) in [5.41, 5.74) is 3.89. The molecule has 0 radical (unpaired) electrons. The Morgan fingerprint density at radius 2 is 1.76 bits per heavy atom. The molecule has 0 fully saturated rings. The van der Waals surface area contributed by atoms with E-state index >= 15 is 0 Å². The number of nitrogens with one attached hydrogen (secondary N) is 1. The molecule has 1 nitrogen and oxygen atoms in total. The molecule has 0 bridgehead atoms. The Kier molecular flexibility index (Phi) is 6.08. The van der Waals surface area contributed by atoms with Gasteiger partial charge in [0.15, 0.2) is 0 Å². The first kappa shape index (κ1) is 15.4. The van der Waals surface area contributed by atoms with Crippen LogP contribution in [0.25, 0.3) is 0 Å². The van der Waals surface area contributed by atoms with Crippen molar-refractivity contribution < 1.29 is 0 Å². The Labute approximate surface area is 128 Å². The summed E-state index contributed by atoms with van der Waals surface area (Å²) in [4.78, 5) is 0. The predicted molar refractivity (Wildman–Crippen MR) is 92.7 cm³/mol. The van der Waals surface area contributed by atoms with E-state index in [4.69, 9.17) is 0 Å². The number of anilines is 1. The van der Waals surface area contributed by atoms with Crippen molar-refractivity contribution in [1.29, 1.82) is 0 Å². The molecule has 0 aliphatic rings. The normalized spacial score (nSPS) is 11.9. The SMILES string of the molecule is C=CCC(Nc1ccc(CCCC)cc1)c1ccccc1. The van der Waals surface area contributed by atoms with Crippen molar-refractivity contribution >= 4 is 5.69 Å². The third-order valence-electron chi connectivity index (χ3n) is 3.72. The van der Waals surface area contributed by atoms with E-state index in [2.05, 4.69) is 73.4 Å². The second-order valence-electron chi connectivity index (χ2n) is 5.43. The van der Waals surface area contributed by atoms with Crippen LogP contribution in [0.2, 0.25) is 0 Å². The van der Waals surface area contributed by atoms with Crippen molar-refractivity contribution in [2.75, 3.05) is 5.32 Å². The van der Waals surface area contributed by atoms with E-state index in [-0.39, 0.29) is 6.04 Å². The fourth-order valence-corrected chi connectivity index (χ4v) is 2.48. The van der Waals surface area contributed by atoms with Gasteiger partial charge < -0.3 is 5.32 Å². The molecular formula is C20H25N. The maximum atomic E-state index is 3.88. The molecular weight excluding hydrogens is 254 g/mol. The van der Waals surface area contributed by atoms with Gasteiger partial charge in [0.25, 0.3) is 0 Å². The van der Waals surface area contributed by atoms with Crippen LogP contribution in [-0.2, 0) is 6.42 Å². The van der Waals surface area contributed by atoms with Gasteiger partial charge in [0.2, 0.25) is 0 Å². The molecule has 0 aromatic heterocycles. The second kappa shape index (κ2) is 8.31. The summed E-state index contributed by atoms with van der Waals surface area (Å²) in [7, 11) is 0. The quantitative estimate of drug-likeness (QED) is 0.606. The summed E-state index contributed by atoms with van der Waals surface area (Å²) in [6.45, 7) is 6.11. The number of rotatable bonds is 8. The van der Waals surface area contributed by atoms with Crippen molar-refractivity contribution in [3.8, 4) is 0 Å². The van der Waals surface area contributed by atoms with Gasteiger partial charge in [-0.3, -0.25) is 0 Å². The lowest BCUT2D eigenvalue weighted by Crippen LogP contribution is -2.09. The van der Waals surface area contributed by atoms with Crippen molar-refractivity contribution in [2.45, 2.75) is 38.6 Å². The van der Waals surface area contributed by atoms with Crippen LogP contribution in [0.5, 0.6) is 0 Å². The first-order chi connectivity index (χ1) is 10.3. The van der Waals surface area contributed by atoms with Gasteiger partial charge >= 0.3 is 0 Å². The highest BCUT2D eigenvalue weighted by Crippen LogP contribution is 2.23. The Morgan fingerprint density at radius 1 is 1.05 bits per heavy atom. The molecule has 110 valence electrons. The summed E-state index contributed by atoms with van der Waals surface area (Å²) in [5.74, 6) is 0. The standard InChI is InChI=1S/C20H25N/c1-3-5-10-17-13-15-19(16-14-17)21-20(9-4-2)18-11-7-6-8-12-18/h4,6-8,11-16,20-21H,2-3,5,9-10H2,1H3. The van der Waals surface area contributed by atoms with Gasteiger partial charge in [0.1, 0.15) is 0 Å². The zero-order valence-corrected chi connectivity index (χ0v) is 12.9. The summed E-state index contributed by atoms with van der Waals surface area (Å²) in [5, 5.41) is 3.61. The van der Waals surface area contributed by atoms with Gasteiger partial charge in [-0.2, -0.15) is 0 Å². The third kappa shape index (κ3) is 4.78. The average Bonchev–Trinajstić information content (AvgIpc) is 2.54. The van der Waals surface area contributed by atoms with Crippen LogP contribution in [0.15, 0.2) is 67.3 Å². The van der Waals surface area contributed by atoms with E-state index in [1.54, 1.807) is 0 Å². The number of hydrogen-bond donors (Lipinski definition) is 1. The van der Waals surface area contributed by atoms with E-state index in [0.717, 1.165) is 6.42 Å². The molecule has 21 heavy (non-hydrogen) atoms. The van der Waals surface area contributed by atoms with Crippen LogP contribution in [0, 0.1) is 0 Å². The largest absolute Gasteiger partial charge is 0.378 e. The van der Waals surface area contributed by atoms with E-state index < -0.39 is 0 Å². The molecule has 1 atom stereocenters. The molecule has 2 aromatic rings. The highest BCUT2D eigenvalue weighted by Gasteiger charge is 2.09. The topological polar surface area (TPSA) is 12.0 Å². The molecule has 1 unspecified atom stereocenters. The highest BCUT2D eigenvalue weighted by molar-refractivity contribution is 5.47. The van der Waals surface area contributed by atoms with Crippen LogP contribution >= 0.6 is 0 Å². The second-order valence-corrected chi connectivity index (χ2v) is 5.43. The van der Waals surface area contributed by atoms with Gasteiger partial charge in [-0.15, -0.1) is 6.58 Å². The van der Waals surface area contributed by atoms with Gasteiger partial charge in [-0.05, 0) is 42.5 Å². The van der Waals surface area contributed by atoms with Gasteiger partial charge in [-0.25, -0.2) is 0 Å². The molecule has 0 amide bonds. The average molecular weight is 279 g/mol. The number of hydrogen-bond acceptors (Lipinski definition) is 1. The highest BCUT2D eigenvalue weighted by atomic mass is 14.9. The maximum Gasteiger partial charge on any atom is 0.0548 e. The summed E-state index contributed by atoms with van der Waals surface area (Å²) < 4.78 is 0. The van der Waals surface area contributed by atoms with E-state index in [9.17, 15) is 0 Å². The summed E-state index contributed by atoms with van der Waals surface area (Å²) >= 11 is 0. The van der Waals surface area contributed by atoms with Gasteiger partial charge in [0.05, 0.1) is 6.04 Å². The number of unbranched alkanes of at least 4 members (excludes halogenated alkanes) is 1. The van der Waals surface area contributed by atoms with Crippen LogP contribution in [0.1, 0.15) is 43.4 Å². The molecule has 2 rings (SSSR count). The zero-order chi connectivity index (χ0) is 14.9. The van der Waals surface area contributed by atoms with Crippen molar-refractivity contribution in [2.24, 2.45) is 0 Å². The lowest BCUT2D eigenvalue weighted by Gasteiger charge is -2.19. The van der Waals surface area contributed by atoms with Crippen LogP contribution in [0.3, 0.4) is 0 Å². The van der Waals surface area contributed by atoms with E-state index in [0.29, 0.717) is 0 Å². The zero-order valence-electron chi connectivity index (χ0n) is 12.9. The van der Waals surface area contributed by atoms with Crippen LogP contribution in [-0.4, -0.2) is 0 Å². The molecule has 1 heteroatoms. The Hall–Kier alpha value is -2.02. The minimum absolute atomic E-state index is 0.283. The predicted octanol–water partition coefficient (Wildman–Crippen LogP) is 5.76. The van der Waals surface area contributed by atoms with Gasteiger partial charge in [0, 0.05) is 5.69 Å². The molecule has 0 spiro atoms. The Bertz CT molecular complexity index is 528. The van der Waals surface area contributed by atoms with Crippen LogP contribution < -0.4 is 5.32 Å². The van der Waals surface area contributed by atoms with Crippen LogP contribution in [0.4, 0.5) is 5.69 Å². The third-order valence-corrected chi connectivity index (χ3v) is 3.72. The monoisotopic (exact) mass is 279 g/mol. The summed E-state index contributed by atoms with van der Waals surface area (Å²) in [6.07, 6.45) is 6.57. The first-order valence-electron chi connectivity index (χ1n) is 7.84. The van der Waals surface area contributed by atoms with Gasteiger partial charge in [-0.1, -0.05) is 61.9 Å². The van der Waals surface area contributed by atoms with Crippen molar-refractivity contribution in [1.82, 2.24) is 0 Å². The molecule has 2 aromatic carbocycles.